The number of rotatable bonds is 37. The maximum absolute atomic E-state index is 12.8. The van der Waals surface area contributed by atoms with Gasteiger partial charge in [0.1, 0.15) is 12.0 Å². The van der Waals surface area contributed by atoms with Crippen molar-refractivity contribution in [1.29, 1.82) is 0 Å². The largest absolute Gasteiger partial charge is 0.393 e. The summed E-state index contributed by atoms with van der Waals surface area (Å²) in [5.74, 6) is -1.32. The van der Waals surface area contributed by atoms with Gasteiger partial charge in [-0.25, -0.2) is 0 Å². The predicted molar refractivity (Wildman–Crippen MR) is 194 cm³/mol. The highest BCUT2D eigenvalue weighted by Gasteiger charge is 2.32. The van der Waals surface area contributed by atoms with E-state index in [0.29, 0.717) is 12.8 Å². The van der Waals surface area contributed by atoms with Crippen molar-refractivity contribution < 1.29 is 20.1 Å². The summed E-state index contributed by atoms with van der Waals surface area (Å²) < 4.78 is 0. The molecule has 2 unspecified atom stereocenters. The Bertz CT molecular complexity index is 599. The van der Waals surface area contributed by atoms with E-state index in [-0.39, 0.29) is 12.2 Å². The van der Waals surface area contributed by atoms with Crippen LogP contribution < -0.4 is 5.73 Å². The standard InChI is InChI=1S/C40H81NO4/c1-3-5-7-9-11-13-15-17-18-19-20-22-23-25-27-29-31-33-36(42)35-38(44)39(40(41)45)37(43)34-32-30-28-26-24-21-16-14-12-10-8-6-4-2/h36-37,39-40,42-43,45H,3-35,41H2,1-2H3/t36?,37-,39-,40?/m1/s1. The van der Waals surface area contributed by atoms with Gasteiger partial charge in [-0.15, -0.1) is 0 Å². The van der Waals surface area contributed by atoms with E-state index in [2.05, 4.69) is 13.8 Å². The van der Waals surface area contributed by atoms with Gasteiger partial charge in [-0.1, -0.05) is 206 Å². The number of hydrogen-bond donors (Lipinski definition) is 4. The van der Waals surface area contributed by atoms with Gasteiger partial charge in [0.15, 0.2) is 0 Å². The summed E-state index contributed by atoms with van der Waals surface area (Å²) in [7, 11) is 0. The lowest BCUT2D eigenvalue weighted by Gasteiger charge is -2.25. The van der Waals surface area contributed by atoms with E-state index >= 15 is 0 Å². The Labute approximate surface area is 281 Å². The third-order valence-corrected chi connectivity index (χ3v) is 9.84. The highest BCUT2D eigenvalue weighted by atomic mass is 16.3. The summed E-state index contributed by atoms with van der Waals surface area (Å²) in [6.45, 7) is 4.54. The van der Waals surface area contributed by atoms with Crippen molar-refractivity contribution in [2.75, 3.05) is 0 Å². The first-order valence-corrected chi connectivity index (χ1v) is 20.3. The highest BCUT2D eigenvalue weighted by molar-refractivity contribution is 5.82. The second kappa shape index (κ2) is 34.8. The number of Topliss-reactive ketones (excluding diaryl/α,β-unsaturated/α-hetero) is 1. The normalized spacial score (nSPS) is 14.4. The highest BCUT2D eigenvalue weighted by Crippen LogP contribution is 2.21. The van der Waals surface area contributed by atoms with Crippen LogP contribution in [0.25, 0.3) is 0 Å². The summed E-state index contributed by atoms with van der Waals surface area (Å²) in [6.07, 6.45) is 36.7. The molecule has 5 N–H and O–H groups in total. The molecule has 4 atom stereocenters. The first kappa shape index (κ1) is 44.5. The second-order valence-electron chi connectivity index (χ2n) is 14.4. The minimum atomic E-state index is -1.39. The molecule has 5 heteroatoms. The maximum atomic E-state index is 12.8. The minimum Gasteiger partial charge on any atom is -0.393 e. The summed E-state index contributed by atoms with van der Waals surface area (Å²) in [5.41, 5.74) is 5.70. The summed E-state index contributed by atoms with van der Waals surface area (Å²) in [5, 5.41) is 31.1. The van der Waals surface area contributed by atoms with Crippen LogP contribution in [0.15, 0.2) is 0 Å². The van der Waals surface area contributed by atoms with Crippen molar-refractivity contribution in [3.05, 3.63) is 0 Å². The Morgan fingerprint density at radius 2 is 0.711 bits per heavy atom. The monoisotopic (exact) mass is 640 g/mol. The van der Waals surface area contributed by atoms with Gasteiger partial charge in [0, 0.05) is 6.42 Å². The third-order valence-electron chi connectivity index (χ3n) is 9.84. The Hall–Kier alpha value is -0.490. The first-order chi connectivity index (χ1) is 21.9. The molecule has 0 aliphatic heterocycles. The van der Waals surface area contributed by atoms with Crippen LogP contribution in [0.3, 0.4) is 0 Å². The zero-order valence-corrected chi connectivity index (χ0v) is 30.5. The molecule has 5 nitrogen and oxygen atoms in total. The molecule has 45 heavy (non-hydrogen) atoms. The van der Waals surface area contributed by atoms with Crippen molar-refractivity contribution in [2.24, 2.45) is 11.7 Å². The molecule has 0 amide bonds. The summed E-state index contributed by atoms with van der Waals surface area (Å²) >= 11 is 0. The van der Waals surface area contributed by atoms with Gasteiger partial charge < -0.3 is 21.1 Å². The van der Waals surface area contributed by atoms with Gasteiger partial charge >= 0.3 is 0 Å². The molecule has 0 fully saturated rings. The van der Waals surface area contributed by atoms with Crippen LogP contribution in [0.4, 0.5) is 0 Å². The van der Waals surface area contributed by atoms with Crippen LogP contribution in [-0.2, 0) is 4.79 Å². The Morgan fingerprint density at radius 1 is 0.444 bits per heavy atom. The number of nitrogens with two attached hydrogens (primary N) is 1. The quantitative estimate of drug-likeness (QED) is 0.0400. The Balaban J connectivity index is 3.73. The van der Waals surface area contributed by atoms with Crippen molar-refractivity contribution in [2.45, 2.75) is 244 Å². The van der Waals surface area contributed by atoms with Crippen molar-refractivity contribution in [1.82, 2.24) is 0 Å². The molecule has 0 aromatic rings. The van der Waals surface area contributed by atoms with Crippen LogP contribution in [0.1, 0.15) is 226 Å². The molecule has 0 saturated heterocycles. The molecule has 0 saturated carbocycles. The Morgan fingerprint density at radius 3 is 1.00 bits per heavy atom. The van der Waals surface area contributed by atoms with E-state index in [4.69, 9.17) is 5.73 Å². The fraction of sp³-hybridized carbons (Fsp3) is 0.975. The van der Waals surface area contributed by atoms with Crippen LogP contribution in [0.5, 0.6) is 0 Å². The zero-order chi connectivity index (χ0) is 33.2. The molecule has 0 aliphatic carbocycles. The van der Waals surface area contributed by atoms with Gasteiger partial charge in [-0.3, -0.25) is 4.79 Å². The lowest BCUT2D eigenvalue weighted by molar-refractivity contribution is -0.133. The van der Waals surface area contributed by atoms with E-state index in [1.165, 1.54) is 161 Å². The molecule has 0 bridgehead atoms. The average Bonchev–Trinajstić information content (AvgIpc) is 3.00. The van der Waals surface area contributed by atoms with Crippen LogP contribution >= 0.6 is 0 Å². The van der Waals surface area contributed by atoms with Gasteiger partial charge in [0.25, 0.3) is 0 Å². The second-order valence-corrected chi connectivity index (χ2v) is 14.4. The maximum Gasteiger partial charge on any atom is 0.145 e. The summed E-state index contributed by atoms with van der Waals surface area (Å²) in [6, 6.07) is 0. The minimum absolute atomic E-state index is 0.0343. The van der Waals surface area contributed by atoms with Crippen LogP contribution in [0.2, 0.25) is 0 Å². The topological polar surface area (TPSA) is 104 Å². The van der Waals surface area contributed by atoms with Crippen LogP contribution in [-0.4, -0.2) is 39.5 Å². The molecule has 0 aliphatic rings. The number of aliphatic hydroxyl groups excluding tert-OH is 3. The number of aliphatic hydroxyl groups is 3. The SMILES string of the molecule is CCCCCCCCCCCCCCCCCCCC(O)CC(=O)[C@H](C(N)O)[C@H](O)CCCCCCCCCCCCCCC. The van der Waals surface area contributed by atoms with Crippen LogP contribution in [0, 0.1) is 5.92 Å². The molecule has 0 radical (unpaired) electrons. The molecule has 0 aromatic carbocycles. The van der Waals surface area contributed by atoms with Gasteiger partial charge in [0.2, 0.25) is 0 Å². The average molecular weight is 640 g/mol. The molecular formula is C40H81NO4. The van der Waals surface area contributed by atoms with Crippen molar-refractivity contribution in [3.63, 3.8) is 0 Å². The first-order valence-electron chi connectivity index (χ1n) is 20.3. The smallest absolute Gasteiger partial charge is 0.145 e. The lowest BCUT2D eigenvalue weighted by atomic mass is 9.88. The number of ketones is 1. The number of unbranched alkanes of at least 4 members (excludes halogenated alkanes) is 28. The molecule has 0 aromatic heterocycles. The molecule has 0 rings (SSSR count). The number of carbonyl (C=O) groups is 1. The fourth-order valence-electron chi connectivity index (χ4n) is 6.76. The van der Waals surface area contributed by atoms with Gasteiger partial charge in [-0.2, -0.15) is 0 Å². The van der Waals surface area contributed by atoms with E-state index in [1.54, 1.807) is 0 Å². The van der Waals surface area contributed by atoms with E-state index in [1.807, 2.05) is 0 Å². The summed E-state index contributed by atoms with van der Waals surface area (Å²) in [4.78, 5) is 12.8. The molecular weight excluding hydrogens is 558 g/mol. The molecule has 270 valence electrons. The fourth-order valence-corrected chi connectivity index (χ4v) is 6.76. The van der Waals surface area contributed by atoms with Crippen molar-refractivity contribution >= 4 is 5.78 Å². The third kappa shape index (κ3) is 30.6. The van der Waals surface area contributed by atoms with Gasteiger partial charge in [-0.05, 0) is 12.8 Å². The van der Waals surface area contributed by atoms with Gasteiger partial charge in [0.05, 0.1) is 18.1 Å². The van der Waals surface area contributed by atoms with E-state index < -0.39 is 24.4 Å². The Kier molecular flexibility index (Phi) is 34.5. The number of hydrogen-bond acceptors (Lipinski definition) is 5. The lowest BCUT2D eigenvalue weighted by Crippen LogP contribution is -2.44. The van der Waals surface area contributed by atoms with Crippen molar-refractivity contribution in [3.8, 4) is 0 Å². The number of carbonyl (C=O) groups excluding carboxylic acids is 1. The predicted octanol–water partition coefficient (Wildman–Crippen LogP) is 11.1. The molecule has 0 spiro atoms. The molecule has 0 heterocycles. The zero-order valence-electron chi connectivity index (χ0n) is 30.5. The van der Waals surface area contributed by atoms with E-state index in [0.717, 1.165) is 32.1 Å². The van der Waals surface area contributed by atoms with E-state index in [9.17, 15) is 20.1 Å².